The molecule has 0 fully saturated rings. The van der Waals surface area contributed by atoms with Gasteiger partial charge in [-0.15, -0.1) is 0 Å². The fourth-order valence-corrected chi connectivity index (χ4v) is 2.35. The Morgan fingerprint density at radius 3 is 2.86 bits per heavy atom. The maximum atomic E-state index is 13.2. The van der Waals surface area contributed by atoms with E-state index in [1.165, 1.54) is 6.07 Å². The number of benzene rings is 1. The molecule has 2 rings (SSSR count). The van der Waals surface area contributed by atoms with Crippen LogP contribution in [-0.2, 0) is 12.8 Å². The lowest BCUT2D eigenvalue weighted by atomic mass is 10.1. The van der Waals surface area contributed by atoms with Crippen LogP contribution in [-0.4, -0.2) is 4.92 Å². The Kier molecular flexibility index (Phi) is 2.26. The molecule has 14 heavy (non-hydrogen) atoms. The molecular formula is C9H7BrFNO2. The number of aryl methyl sites for hydroxylation is 1. The second-order valence-corrected chi connectivity index (χ2v) is 4.06. The Labute approximate surface area is 88.2 Å². The smallest absolute Gasteiger partial charge is 0.258 e. The Bertz CT molecular complexity index is 420. The molecule has 0 atom stereocenters. The summed E-state index contributed by atoms with van der Waals surface area (Å²) in [5.41, 5.74) is 1.36. The third kappa shape index (κ3) is 1.32. The van der Waals surface area contributed by atoms with E-state index in [9.17, 15) is 14.5 Å². The van der Waals surface area contributed by atoms with Gasteiger partial charge in [-0.25, -0.2) is 4.39 Å². The minimum absolute atomic E-state index is 0.0249. The summed E-state index contributed by atoms with van der Waals surface area (Å²) in [4.78, 5) is 10.2. The molecule has 0 radical (unpaired) electrons. The molecule has 0 amide bonds. The van der Waals surface area contributed by atoms with Crippen LogP contribution < -0.4 is 0 Å². The van der Waals surface area contributed by atoms with E-state index in [-0.39, 0.29) is 10.2 Å². The first kappa shape index (κ1) is 9.58. The Morgan fingerprint density at radius 1 is 1.50 bits per heavy atom. The van der Waals surface area contributed by atoms with Crippen molar-refractivity contribution in [2.24, 2.45) is 0 Å². The highest BCUT2D eigenvalue weighted by atomic mass is 79.9. The number of nitrogens with zero attached hydrogens (tertiary/aromatic N) is 1. The molecule has 1 aliphatic rings. The highest BCUT2D eigenvalue weighted by molar-refractivity contribution is 9.10. The molecule has 0 heterocycles. The van der Waals surface area contributed by atoms with Crippen molar-refractivity contribution in [2.75, 3.05) is 0 Å². The fourth-order valence-electron chi connectivity index (χ4n) is 1.85. The van der Waals surface area contributed by atoms with Gasteiger partial charge in [-0.2, -0.15) is 0 Å². The lowest BCUT2D eigenvalue weighted by Crippen LogP contribution is -1.98. The van der Waals surface area contributed by atoms with Crippen LogP contribution in [0.25, 0.3) is 0 Å². The SMILES string of the molecule is O=[N+]([O-])c1c(Br)c(F)cc2c1CCC2. The molecule has 0 saturated heterocycles. The normalized spacial score (nSPS) is 14.1. The van der Waals surface area contributed by atoms with E-state index >= 15 is 0 Å². The predicted molar refractivity (Wildman–Crippen MR) is 52.8 cm³/mol. The van der Waals surface area contributed by atoms with Gasteiger partial charge >= 0.3 is 0 Å². The topological polar surface area (TPSA) is 43.1 Å². The third-order valence-electron chi connectivity index (χ3n) is 2.45. The minimum Gasteiger partial charge on any atom is -0.258 e. The van der Waals surface area contributed by atoms with E-state index in [4.69, 9.17) is 0 Å². The maximum absolute atomic E-state index is 13.2. The minimum atomic E-state index is -0.544. The molecule has 0 aromatic heterocycles. The molecule has 1 aliphatic carbocycles. The largest absolute Gasteiger partial charge is 0.289 e. The lowest BCUT2D eigenvalue weighted by molar-refractivity contribution is -0.386. The highest BCUT2D eigenvalue weighted by Crippen LogP contribution is 2.38. The molecule has 0 N–H and O–H groups in total. The summed E-state index contributed by atoms with van der Waals surface area (Å²) in [6.45, 7) is 0. The third-order valence-corrected chi connectivity index (χ3v) is 3.20. The molecule has 0 saturated carbocycles. The Hall–Kier alpha value is -0.970. The van der Waals surface area contributed by atoms with Crippen LogP contribution in [0.5, 0.6) is 0 Å². The van der Waals surface area contributed by atoms with Crippen molar-refractivity contribution >= 4 is 21.6 Å². The molecule has 0 unspecified atom stereocenters. The molecule has 5 heteroatoms. The number of nitro benzene ring substituents is 1. The van der Waals surface area contributed by atoms with Gasteiger partial charge in [-0.3, -0.25) is 10.1 Å². The number of halogens is 2. The van der Waals surface area contributed by atoms with Gasteiger partial charge < -0.3 is 0 Å². The van der Waals surface area contributed by atoms with E-state index in [2.05, 4.69) is 15.9 Å². The zero-order chi connectivity index (χ0) is 10.3. The van der Waals surface area contributed by atoms with Gasteiger partial charge in [0.05, 0.1) is 4.92 Å². The van der Waals surface area contributed by atoms with Crippen molar-refractivity contribution in [3.8, 4) is 0 Å². The van der Waals surface area contributed by atoms with E-state index in [0.29, 0.717) is 12.0 Å². The van der Waals surface area contributed by atoms with E-state index in [1.807, 2.05) is 0 Å². The van der Waals surface area contributed by atoms with Crippen LogP contribution >= 0.6 is 15.9 Å². The number of hydrogen-bond acceptors (Lipinski definition) is 2. The van der Waals surface area contributed by atoms with E-state index in [0.717, 1.165) is 18.4 Å². The van der Waals surface area contributed by atoms with Crippen molar-refractivity contribution in [1.29, 1.82) is 0 Å². The molecule has 0 spiro atoms. The summed E-state index contributed by atoms with van der Waals surface area (Å²) in [7, 11) is 0. The first-order valence-electron chi connectivity index (χ1n) is 4.25. The van der Waals surface area contributed by atoms with Gasteiger partial charge in [0.25, 0.3) is 5.69 Å². The van der Waals surface area contributed by atoms with Crippen LogP contribution in [0.15, 0.2) is 10.5 Å². The van der Waals surface area contributed by atoms with Gasteiger partial charge in [-0.05, 0) is 46.8 Å². The van der Waals surface area contributed by atoms with Crippen LogP contribution in [0.4, 0.5) is 10.1 Å². The standard InChI is InChI=1S/C9H7BrFNO2/c10-8-7(11)4-5-2-1-3-6(5)9(8)12(13)14/h4H,1-3H2. The molecule has 0 bridgehead atoms. The molecule has 74 valence electrons. The zero-order valence-electron chi connectivity index (χ0n) is 7.22. The van der Waals surface area contributed by atoms with Crippen molar-refractivity contribution in [3.63, 3.8) is 0 Å². The van der Waals surface area contributed by atoms with Gasteiger partial charge in [0.1, 0.15) is 10.3 Å². The average molecular weight is 260 g/mol. The first-order valence-corrected chi connectivity index (χ1v) is 5.04. The first-order chi connectivity index (χ1) is 6.61. The number of hydrogen-bond donors (Lipinski definition) is 0. The second-order valence-electron chi connectivity index (χ2n) is 3.27. The van der Waals surface area contributed by atoms with Crippen LogP contribution in [0, 0.1) is 15.9 Å². The quantitative estimate of drug-likeness (QED) is 0.575. The number of nitro groups is 1. The number of fused-ring (bicyclic) bond motifs is 1. The molecular weight excluding hydrogens is 253 g/mol. The van der Waals surface area contributed by atoms with Crippen molar-refractivity contribution in [2.45, 2.75) is 19.3 Å². The van der Waals surface area contributed by atoms with E-state index < -0.39 is 10.7 Å². The summed E-state index contributed by atoms with van der Waals surface area (Å²) in [6.07, 6.45) is 2.27. The molecule has 0 aliphatic heterocycles. The fraction of sp³-hybridized carbons (Fsp3) is 0.333. The summed E-state index contributed by atoms with van der Waals surface area (Å²) < 4.78 is 13.2. The lowest BCUT2D eigenvalue weighted by Gasteiger charge is -2.03. The molecule has 3 nitrogen and oxygen atoms in total. The number of rotatable bonds is 1. The van der Waals surface area contributed by atoms with Crippen LogP contribution in [0.1, 0.15) is 17.5 Å². The maximum Gasteiger partial charge on any atom is 0.289 e. The predicted octanol–water partition coefficient (Wildman–Crippen LogP) is 2.99. The molecule has 1 aromatic rings. The summed E-state index contributed by atoms with van der Waals surface area (Å²) in [6, 6.07) is 1.39. The molecule has 1 aromatic carbocycles. The van der Waals surface area contributed by atoms with Crippen LogP contribution in [0.2, 0.25) is 0 Å². The van der Waals surface area contributed by atoms with Gasteiger partial charge in [0, 0.05) is 5.56 Å². The van der Waals surface area contributed by atoms with Crippen molar-refractivity contribution in [1.82, 2.24) is 0 Å². The summed E-state index contributed by atoms with van der Waals surface area (Å²) in [5, 5.41) is 10.7. The van der Waals surface area contributed by atoms with Crippen LogP contribution in [0.3, 0.4) is 0 Å². The Balaban J connectivity index is 2.72. The van der Waals surface area contributed by atoms with Gasteiger partial charge in [-0.1, -0.05) is 0 Å². The zero-order valence-corrected chi connectivity index (χ0v) is 8.80. The highest BCUT2D eigenvalue weighted by Gasteiger charge is 2.27. The monoisotopic (exact) mass is 259 g/mol. The second kappa shape index (κ2) is 3.31. The average Bonchev–Trinajstić information content (AvgIpc) is 2.52. The van der Waals surface area contributed by atoms with Gasteiger partial charge in [0.2, 0.25) is 0 Å². The van der Waals surface area contributed by atoms with Crippen molar-refractivity contribution in [3.05, 3.63) is 37.6 Å². The van der Waals surface area contributed by atoms with Gasteiger partial charge in [0.15, 0.2) is 0 Å². The van der Waals surface area contributed by atoms with Crippen molar-refractivity contribution < 1.29 is 9.31 Å². The summed E-state index contributed by atoms with van der Waals surface area (Å²) in [5.74, 6) is -0.544. The van der Waals surface area contributed by atoms with E-state index in [1.54, 1.807) is 0 Å². The summed E-state index contributed by atoms with van der Waals surface area (Å²) >= 11 is 2.92. The Morgan fingerprint density at radius 2 is 2.21 bits per heavy atom.